The van der Waals surface area contributed by atoms with Crippen molar-refractivity contribution in [2.45, 2.75) is 6.92 Å². The van der Waals surface area contributed by atoms with Gasteiger partial charge in [-0.2, -0.15) is 0 Å². The minimum atomic E-state index is 0.826. The van der Waals surface area contributed by atoms with Gasteiger partial charge in [-0.05, 0) is 178 Å². The van der Waals surface area contributed by atoms with E-state index in [1.807, 2.05) is 23.5 Å². The second-order valence-corrected chi connectivity index (χ2v) is 29.4. The number of aryl methyl sites for hydroxylation is 1. The number of thiophene rings is 2. The molecule has 20 rings (SSSR count). The molecule has 20 aromatic rings. The summed E-state index contributed by atoms with van der Waals surface area (Å²) in [5, 5.41) is 5.90. The number of aromatic nitrogens is 2. The highest BCUT2D eigenvalue weighted by Crippen LogP contribution is 2.48. The van der Waals surface area contributed by atoms with E-state index in [1.165, 1.54) is 130 Å². The molecule has 0 saturated heterocycles. The Bertz CT molecular complexity index is 6320. The Balaban J connectivity index is 0.000000126. The van der Waals surface area contributed by atoms with E-state index in [9.17, 15) is 0 Å². The summed E-state index contributed by atoms with van der Waals surface area (Å²) in [6.45, 7) is 2.12. The van der Waals surface area contributed by atoms with E-state index < -0.39 is 0 Å². The summed E-state index contributed by atoms with van der Waals surface area (Å²) in [6, 6.07) is 147. The van der Waals surface area contributed by atoms with Crippen LogP contribution in [0.2, 0.25) is 5.02 Å². The Labute approximate surface area is 642 Å². The van der Waals surface area contributed by atoms with Gasteiger partial charge in [0.1, 0.15) is 0 Å². The van der Waals surface area contributed by atoms with Crippen LogP contribution < -0.4 is 9.80 Å². The lowest BCUT2D eigenvalue weighted by Crippen LogP contribution is -2.09. The molecule has 108 heavy (non-hydrogen) atoms. The molecule has 0 spiro atoms. The van der Waals surface area contributed by atoms with Gasteiger partial charge in [-0.25, -0.2) is 0 Å². The van der Waals surface area contributed by atoms with Crippen LogP contribution in [0.4, 0.5) is 34.1 Å². The molecule has 4 nitrogen and oxygen atoms in total. The first kappa shape index (κ1) is 66.9. The van der Waals surface area contributed by atoms with Crippen molar-refractivity contribution in [3.05, 3.63) is 423 Å². The predicted molar refractivity (Wildman–Crippen MR) is 465 cm³/mol. The number of rotatable bonds is 13. The van der Waals surface area contributed by atoms with E-state index in [0.717, 1.165) is 43.8 Å². The Morgan fingerprint density at radius 2 is 0.491 bits per heavy atom. The maximum Gasteiger partial charge on any atom is 0.0728 e. The third-order valence-electron chi connectivity index (χ3n) is 20.2. The molecule has 4 aromatic heterocycles. The van der Waals surface area contributed by atoms with Crippen molar-refractivity contribution in [3.63, 3.8) is 0 Å². The van der Waals surface area contributed by atoms with Gasteiger partial charge in [-0.15, -0.1) is 22.7 Å². The van der Waals surface area contributed by atoms with Crippen molar-refractivity contribution < 1.29 is 0 Å². The van der Waals surface area contributed by atoms with Gasteiger partial charge in [-0.3, -0.25) is 0 Å². The number of fused-ring (bicyclic) bond motifs is 10. The van der Waals surface area contributed by atoms with Crippen LogP contribution in [0.25, 0.3) is 129 Å². The van der Waals surface area contributed by atoms with Crippen molar-refractivity contribution in [1.29, 1.82) is 0 Å². The van der Waals surface area contributed by atoms with E-state index in [4.69, 9.17) is 11.6 Å². The zero-order valence-electron chi connectivity index (χ0n) is 59.2. The fourth-order valence-electron chi connectivity index (χ4n) is 15.0. The normalized spacial score (nSPS) is 11.2. The van der Waals surface area contributed by atoms with Gasteiger partial charge in [0.2, 0.25) is 0 Å². The van der Waals surface area contributed by atoms with E-state index in [0.29, 0.717) is 0 Å². The monoisotopic (exact) mass is 1440 g/mol. The summed E-state index contributed by atoms with van der Waals surface area (Å²) < 4.78 is 9.88. The van der Waals surface area contributed by atoms with Crippen LogP contribution in [-0.2, 0) is 0 Å². The summed E-state index contributed by atoms with van der Waals surface area (Å²) in [6.07, 6.45) is 0. The highest BCUT2D eigenvalue weighted by molar-refractivity contribution is 7.27. The summed E-state index contributed by atoms with van der Waals surface area (Å²) in [5.74, 6) is 0. The fourth-order valence-corrected chi connectivity index (χ4v) is 17.8. The molecular weight excluding hydrogens is 1370 g/mol. The Morgan fingerprint density at radius 3 is 0.852 bits per heavy atom. The van der Waals surface area contributed by atoms with Crippen LogP contribution in [0.1, 0.15) is 5.56 Å². The predicted octanol–water partition coefficient (Wildman–Crippen LogP) is 29.9. The third kappa shape index (κ3) is 13.1. The second kappa shape index (κ2) is 29.8. The van der Waals surface area contributed by atoms with E-state index >= 15 is 0 Å². The number of nitrogens with zero attached hydrogens (tertiary/aromatic N) is 4. The number of benzene rings is 16. The molecule has 0 N–H and O–H groups in total. The average Bonchev–Trinajstić information content (AvgIpc) is 1.57. The van der Waals surface area contributed by atoms with Gasteiger partial charge in [0, 0.05) is 71.7 Å². The molecule has 0 radical (unpaired) electrons. The first-order valence-electron chi connectivity index (χ1n) is 36.5. The summed E-state index contributed by atoms with van der Waals surface area (Å²) >= 11 is 10.1. The topological polar surface area (TPSA) is 16.3 Å². The van der Waals surface area contributed by atoms with Crippen molar-refractivity contribution in [2.75, 3.05) is 9.80 Å². The number of hydrogen-bond acceptors (Lipinski definition) is 4. The van der Waals surface area contributed by atoms with Gasteiger partial charge in [0.05, 0.1) is 41.2 Å². The quantitative estimate of drug-likeness (QED) is 0.114. The molecule has 0 aliphatic rings. The molecule has 0 bridgehead atoms. The lowest BCUT2D eigenvalue weighted by Gasteiger charge is -2.26. The first-order chi connectivity index (χ1) is 53.4. The van der Waals surface area contributed by atoms with Crippen molar-refractivity contribution in [1.82, 2.24) is 9.13 Å². The maximum atomic E-state index is 6.44. The number of halogens is 1. The molecular formula is C101H71ClN4S2. The number of para-hydroxylation sites is 4. The van der Waals surface area contributed by atoms with E-state index in [-0.39, 0.29) is 0 Å². The van der Waals surface area contributed by atoms with Crippen LogP contribution in [0, 0.1) is 6.92 Å². The summed E-state index contributed by atoms with van der Waals surface area (Å²) in [7, 11) is 0. The molecule has 16 aromatic carbocycles. The van der Waals surface area contributed by atoms with Gasteiger partial charge in [-0.1, -0.05) is 314 Å². The largest absolute Gasteiger partial charge is 0.311 e. The third-order valence-corrected chi connectivity index (χ3v) is 23.2. The van der Waals surface area contributed by atoms with Crippen molar-refractivity contribution >= 4 is 131 Å². The van der Waals surface area contributed by atoms with E-state index in [1.54, 1.807) is 11.3 Å². The smallest absolute Gasteiger partial charge is 0.0728 e. The van der Waals surface area contributed by atoms with Crippen LogP contribution in [-0.4, -0.2) is 9.13 Å². The molecule has 514 valence electrons. The zero-order chi connectivity index (χ0) is 72.3. The molecule has 0 saturated carbocycles. The van der Waals surface area contributed by atoms with Crippen molar-refractivity contribution in [3.8, 4) is 67.0 Å². The van der Waals surface area contributed by atoms with Gasteiger partial charge >= 0.3 is 0 Å². The lowest BCUT2D eigenvalue weighted by molar-refractivity contribution is 1.19. The molecule has 0 fully saturated rings. The van der Waals surface area contributed by atoms with Gasteiger partial charge in [0.25, 0.3) is 0 Å². The highest BCUT2D eigenvalue weighted by Gasteiger charge is 2.23. The summed E-state index contributed by atoms with van der Waals surface area (Å²) in [4.78, 5) is 4.66. The van der Waals surface area contributed by atoms with Crippen LogP contribution in [0.3, 0.4) is 0 Å². The molecule has 7 heteroatoms. The SMILES string of the molecule is Cc1ccc(N(c2ccc(-c3ccccc3)cc2)c2ccc(-c3ccccc3)cc2)cc1.Clc1cccc2c1sc1c3ccccc3n(-c3ccccc3)c21.c1ccc(-c2ccc(N(c3ccc(-c4ccccc4)cc3)c3ccc(-c4cccc5c4sc4c6ccccc6n(-c6ccccc6)c54)cc3)cc2)cc1. The standard InChI is InChI=1S/C50H34N2S.C31H25N.C20H12ClNS/c1-4-13-35(14-5-1)37-23-29-41(30-24-37)51(42-31-25-38(26-32-42)36-15-6-2-7-16-36)43-33-27-39(28-34-43)44-20-12-21-46-48-50(53-49(44)46)45-19-10-11-22-47(45)52(48)40-17-8-3-9-18-40;1-24-12-18-29(19-13-24)32(30-20-14-27(15-21-30)25-8-4-2-5-9-25)31-22-16-28(17-23-31)26-10-6-3-7-11-26;21-16-11-6-10-15-18-20(23-19(15)16)14-9-4-5-12-17(14)22(18)13-7-2-1-3-8-13/h1-34H;2-23H,1H3;1-12H. The van der Waals surface area contributed by atoms with Gasteiger partial charge < -0.3 is 18.9 Å². The number of anilines is 6. The lowest BCUT2D eigenvalue weighted by atomic mass is 10.0. The maximum absolute atomic E-state index is 6.44. The Kier molecular flexibility index (Phi) is 18.5. The highest BCUT2D eigenvalue weighted by atomic mass is 35.5. The average molecular weight is 1440 g/mol. The van der Waals surface area contributed by atoms with Crippen LogP contribution in [0.5, 0.6) is 0 Å². The molecule has 4 heterocycles. The molecule has 0 amide bonds. The summed E-state index contributed by atoms with van der Waals surface area (Å²) in [5.41, 5.74) is 27.6. The molecule has 0 atom stereocenters. The minimum absolute atomic E-state index is 0.826. The van der Waals surface area contributed by atoms with E-state index in [2.05, 4.69) is 426 Å². The number of hydrogen-bond donors (Lipinski definition) is 0. The van der Waals surface area contributed by atoms with Crippen LogP contribution >= 0.6 is 34.3 Å². The van der Waals surface area contributed by atoms with Gasteiger partial charge in [0.15, 0.2) is 0 Å². The zero-order valence-corrected chi connectivity index (χ0v) is 61.6. The molecule has 0 aliphatic carbocycles. The molecule has 0 unspecified atom stereocenters. The van der Waals surface area contributed by atoms with Crippen LogP contribution in [0.15, 0.2) is 413 Å². The first-order valence-corrected chi connectivity index (χ1v) is 38.5. The second-order valence-electron chi connectivity index (χ2n) is 26.9. The molecule has 0 aliphatic heterocycles. The Morgan fingerprint density at radius 1 is 0.222 bits per heavy atom. The fraction of sp³-hybridized carbons (Fsp3) is 0.00990. The Hall–Kier alpha value is -13.1. The minimum Gasteiger partial charge on any atom is -0.311 e. The van der Waals surface area contributed by atoms with Crippen molar-refractivity contribution in [2.24, 2.45) is 0 Å².